The van der Waals surface area contributed by atoms with Crippen LogP contribution in [0.15, 0.2) is 42.5 Å². The number of rotatable bonds is 2. The van der Waals surface area contributed by atoms with Crippen molar-refractivity contribution < 1.29 is 14.3 Å². The van der Waals surface area contributed by atoms with Crippen LogP contribution in [0.2, 0.25) is 0 Å². The second-order valence-corrected chi connectivity index (χ2v) is 7.84. The van der Waals surface area contributed by atoms with Crippen LogP contribution in [0.4, 0.5) is 0 Å². The monoisotopic (exact) mass is 378 g/mol. The van der Waals surface area contributed by atoms with E-state index in [0.717, 1.165) is 45.4 Å². The highest BCUT2D eigenvalue weighted by Gasteiger charge is 2.31. The van der Waals surface area contributed by atoms with Gasteiger partial charge in [0.2, 0.25) is 0 Å². The summed E-state index contributed by atoms with van der Waals surface area (Å²) in [6, 6.07) is 14.9. The van der Waals surface area contributed by atoms with Crippen LogP contribution in [-0.2, 0) is 13.0 Å². The molecule has 0 aromatic heterocycles. The third-order valence-corrected chi connectivity index (χ3v) is 6.22. The van der Waals surface area contributed by atoms with Gasteiger partial charge in [0.15, 0.2) is 11.5 Å². The SMILES string of the molecule is O=C(c1cccc2c1OCCO2)N1CCC(N2CCc3ccccc3C2)CC1. The van der Waals surface area contributed by atoms with E-state index < -0.39 is 0 Å². The molecule has 3 heterocycles. The Morgan fingerprint density at radius 2 is 1.68 bits per heavy atom. The van der Waals surface area contributed by atoms with Crippen LogP contribution in [0.1, 0.15) is 34.3 Å². The number of nitrogens with zero attached hydrogens (tertiary/aromatic N) is 2. The lowest BCUT2D eigenvalue weighted by atomic mass is 9.95. The largest absolute Gasteiger partial charge is 0.486 e. The standard InChI is InChI=1S/C23H26N2O3/c26-23(20-6-3-7-21-22(20)28-15-14-27-21)24-12-9-19(10-13-24)25-11-8-17-4-1-2-5-18(17)16-25/h1-7,19H,8-16H2. The molecular formula is C23H26N2O3. The molecule has 3 aliphatic heterocycles. The summed E-state index contributed by atoms with van der Waals surface area (Å²) in [6.07, 6.45) is 3.18. The zero-order valence-corrected chi connectivity index (χ0v) is 16.1. The zero-order valence-electron chi connectivity index (χ0n) is 16.1. The average molecular weight is 378 g/mol. The van der Waals surface area contributed by atoms with Gasteiger partial charge in [0, 0.05) is 32.2 Å². The quantitative estimate of drug-likeness (QED) is 0.805. The van der Waals surface area contributed by atoms with Crippen LogP contribution in [0, 0.1) is 0 Å². The maximum Gasteiger partial charge on any atom is 0.257 e. The number of amides is 1. The Kier molecular flexibility index (Phi) is 4.69. The van der Waals surface area contributed by atoms with E-state index in [0.29, 0.717) is 36.3 Å². The molecule has 1 amide bonds. The van der Waals surface area contributed by atoms with E-state index in [9.17, 15) is 4.79 Å². The first kappa shape index (κ1) is 17.6. The van der Waals surface area contributed by atoms with E-state index in [1.165, 1.54) is 11.1 Å². The number of para-hydroxylation sites is 1. The summed E-state index contributed by atoms with van der Waals surface area (Å²) < 4.78 is 11.4. The van der Waals surface area contributed by atoms with Gasteiger partial charge in [0.1, 0.15) is 13.2 Å². The molecule has 3 aliphatic rings. The van der Waals surface area contributed by atoms with Crippen molar-refractivity contribution in [2.24, 2.45) is 0 Å². The molecule has 5 heteroatoms. The second-order valence-electron chi connectivity index (χ2n) is 7.84. The van der Waals surface area contributed by atoms with Crippen molar-refractivity contribution in [3.8, 4) is 11.5 Å². The highest BCUT2D eigenvalue weighted by atomic mass is 16.6. The van der Waals surface area contributed by atoms with E-state index in [4.69, 9.17) is 9.47 Å². The molecule has 0 atom stereocenters. The zero-order chi connectivity index (χ0) is 18.9. The molecule has 2 aromatic rings. The molecule has 28 heavy (non-hydrogen) atoms. The Balaban J connectivity index is 1.24. The van der Waals surface area contributed by atoms with Gasteiger partial charge in [0.05, 0.1) is 5.56 Å². The first-order valence-electron chi connectivity index (χ1n) is 10.3. The Morgan fingerprint density at radius 1 is 0.893 bits per heavy atom. The number of hydrogen-bond donors (Lipinski definition) is 0. The van der Waals surface area contributed by atoms with E-state index in [1.54, 1.807) is 0 Å². The lowest BCUT2D eigenvalue weighted by molar-refractivity contribution is 0.0591. The topological polar surface area (TPSA) is 42.0 Å². The molecule has 1 fully saturated rings. The number of carbonyl (C=O) groups excluding carboxylic acids is 1. The highest BCUT2D eigenvalue weighted by molar-refractivity contribution is 5.98. The average Bonchev–Trinajstić information content (AvgIpc) is 2.78. The van der Waals surface area contributed by atoms with Crippen LogP contribution in [-0.4, -0.2) is 54.6 Å². The Bertz CT molecular complexity index is 874. The normalized spacial score (nSPS) is 19.9. The van der Waals surface area contributed by atoms with Crippen LogP contribution in [0.25, 0.3) is 0 Å². The smallest absolute Gasteiger partial charge is 0.257 e. The number of ether oxygens (including phenoxy) is 2. The maximum absolute atomic E-state index is 13.1. The summed E-state index contributed by atoms with van der Waals surface area (Å²) in [7, 11) is 0. The van der Waals surface area contributed by atoms with Crippen molar-refractivity contribution in [1.29, 1.82) is 0 Å². The molecule has 0 spiro atoms. The molecule has 0 aliphatic carbocycles. The minimum atomic E-state index is 0.0600. The fourth-order valence-corrected chi connectivity index (χ4v) is 4.68. The number of likely N-dealkylation sites (tertiary alicyclic amines) is 1. The van der Waals surface area contributed by atoms with Crippen LogP contribution < -0.4 is 9.47 Å². The number of piperidine rings is 1. The lowest BCUT2D eigenvalue weighted by Gasteiger charge is -2.40. The third-order valence-electron chi connectivity index (χ3n) is 6.22. The molecule has 146 valence electrons. The van der Waals surface area contributed by atoms with Gasteiger partial charge in [-0.25, -0.2) is 0 Å². The molecule has 0 radical (unpaired) electrons. The predicted molar refractivity (Wildman–Crippen MR) is 107 cm³/mol. The van der Waals surface area contributed by atoms with Crippen molar-refractivity contribution in [3.05, 3.63) is 59.2 Å². The van der Waals surface area contributed by atoms with Crippen molar-refractivity contribution >= 4 is 5.91 Å². The van der Waals surface area contributed by atoms with Gasteiger partial charge >= 0.3 is 0 Å². The van der Waals surface area contributed by atoms with Crippen molar-refractivity contribution in [3.63, 3.8) is 0 Å². The highest BCUT2D eigenvalue weighted by Crippen LogP contribution is 2.35. The summed E-state index contributed by atoms with van der Waals surface area (Å²) >= 11 is 0. The number of hydrogen-bond acceptors (Lipinski definition) is 4. The molecule has 0 unspecified atom stereocenters. The van der Waals surface area contributed by atoms with Gasteiger partial charge in [0.25, 0.3) is 5.91 Å². The van der Waals surface area contributed by atoms with E-state index in [2.05, 4.69) is 29.2 Å². The number of fused-ring (bicyclic) bond motifs is 2. The molecule has 0 N–H and O–H groups in total. The summed E-state index contributed by atoms with van der Waals surface area (Å²) in [4.78, 5) is 17.7. The number of benzene rings is 2. The van der Waals surface area contributed by atoms with E-state index in [-0.39, 0.29) is 5.91 Å². The van der Waals surface area contributed by atoms with Gasteiger partial charge in [-0.05, 0) is 42.5 Å². The van der Waals surface area contributed by atoms with Gasteiger partial charge in [-0.2, -0.15) is 0 Å². The summed E-state index contributed by atoms with van der Waals surface area (Å²) in [5.41, 5.74) is 3.57. The van der Waals surface area contributed by atoms with E-state index >= 15 is 0 Å². The minimum absolute atomic E-state index is 0.0600. The van der Waals surface area contributed by atoms with Gasteiger partial charge < -0.3 is 14.4 Å². The van der Waals surface area contributed by atoms with Crippen LogP contribution >= 0.6 is 0 Å². The third kappa shape index (κ3) is 3.24. The van der Waals surface area contributed by atoms with Crippen LogP contribution in [0.3, 0.4) is 0 Å². The number of carbonyl (C=O) groups is 1. The fourth-order valence-electron chi connectivity index (χ4n) is 4.68. The summed E-state index contributed by atoms with van der Waals surface area (Å²) in [6.45, 7) is 4.78. The maximum atomic E-state index is 13.1. The molecule has 2 aromatic carbocycles. The van der Waals surface area contributed by atoms with E-state index in [1.807, 2.05) is 23.1 Å². The molecule has 5 rings (SSSR count). The first-order valence-corrected chi connectivity index (χ1v) is 10.3. The lowest BCUT2D eigenvalue weighted by Crippen LogP contribution is -2.48. The predicted octanol–water partition coefficient (Wildman–Crippen LogP) is 3.12. The van der Waals surface area contributed by atoms with Crippen molar-refractivity contribution in [2.45, 2.75) is 31.8 Å². The van der Waals surface area contributed by atoms with Crippen molar-refractivity contribution in [1.82, 2.24) is 9.80 Å². The van der Waals surface area contributed by atoms with Gasteiger partial charge in [-0.15, -0.1) is 0 Å². The summed E-state index contributed by atoms with van der Waals surface area (Å²) in [5, 5.41) is 0. The molecule has 5 nitrogen and oxygen atoms in total. The Labute approximate surface area is 165 Å². The summed E-state index contributed by atoms with van der Waals surface area (Å²) in [5.74, 6) is 1.34. The van der Waals surface area contributed by atoms with Gasteiger partial charge in [-0.1, -0.05) is 30.3 Å². The van der Waals surface area contributed by atoms with Crippen molar-refractivity contribution in [2.75, 3.05) is 32.8 Å². The molecule has 1 saturated heterocycles. The van der Waals surface area contributed by atoms with Crippen LogP contribution in [0.5, 0.6) is 11.5 Å². The Hall–Kier alpha value is -2.53. The molecule has 0 saturated carbocycles. The minimum Gasteiger partial charge on any atom is -0.486 e. The second kappa shape index (κ2) is 7.47. The fraction of sp³-hybridized carbons (Fsp3) is 0.435. The Morgan fingerprint density at radius 3 is 2.54 bits per heavy atom. The van der Waals surface area contributed by atoms with Gasteiger partial charge in [-0.3, -0.25) is 9.69 Å². The first-order chi connectivity index (χ1) is 13.8. The molecule has 0 bridgehead atoms. The molecular weight excluding hydrogens is 352 g/mol.